The number of hydrogen-bond acceptors (Lipinski definition) is 1. The van der Waals surface area contributed by atoms with E-state index in [1.165, 1.54) is 25.7 Å². The molecule has 1 aromatic carbocycles. The Morgan fingerprint density at radius 1 is 0.650 bits per heavy atom. The predicted molar refractivity (Wildman–Crippen MR) is 90.4 cm³/mol. The van der Waals surface area contributed by atoms with Gasteiger partial charge in [0.25, 0.3) is 0 Å². The van der Waals surface area contributed by atoms with Gasteiger partial charge < -0.3 is 4.74 Å². The summed E-state index contributed by atoms with van der Waals surface area (Å²) in [6.07, 6.45) is 7.04. The molecule has 0 N–H and O–H groups in total. The Bertz CT molecular complexity index is 419. The van der Waals surface area contributed by atoms with Crippen LogP contribution in [0.4, 0.5) is 0 Å². The largest absolute Gasteiger partial charge is 0.490 e. The van der Waals surface area contributed by atoms with E-state index in [4.69, 9.17) is 62.7 Å². The van der Waals surface area contributed by atoms with Gasteiger partial charge in [-0.2, -0.15) is 0 Å². The van der Waals surface area contributed by atoms with Gasteiger partial charge in [0.05, 0.1) is 21.7 Å². The quantitative estimate of drug-likeness (QED) is 0.256. The van der Waals surface area contributed by atoms with Crippen LogP contribution in [0.25, 0.3) is 0 Å². The average molecular weight is 379 g/mol. The molecular formula is C14H17Cl5O. The summed E-state index contributed by atoms with van der Waals surface area (Å²) in [6, 6.07) is 0. The first-order valence-corrected chi connectivity index (χ1v) is 8.53. The highest BCUT2D eigenvalue weighted by Gasteiger charge is 2.20. The third-order valence-electron chi connectivity index (χ3n) is 2.91. The second-order valence-corrected chi connectivity index (χ2v) is 6.41. The maximum atomic E-state index is 6.07. The normalized spacial score (nSPS) is 10.9. The van der Waals surface area contributed by atoms with Crippen molar-refractivity contribution < 1.29 is 4.74 Å². The van der Waals surface area contributed by atoms with Gasteiger partial charge in [0.1, 0.15) is 10.0 Å². The van der Waals surface area contributed by atoms with Crippen LogP contribution in [0.3, 0.4) is 0 Å². The molecule has 0 aliphatic heterocycles. The molecule has 1 nitrogen and oxygen atoms in total. The van der Waals surface area contributed by atoms with Crippen molar-refractivity contribution in [3.05, 3.63) is 25.1 Å². The summed E-state index contributed by atoms with van der Waals surface area (Å²) >= 11 is 30.0. The first-order chi connectivity index (χ1) is 9.50. The molecule has 0 atom stereocenters. The zero-order valence-electron chi connectivity index (χ0n) is 11.2. The van der Waals surface area contributed by atoms with E-state index in [0.717, 1.165) is 12.8 Å². The topological polar surface area (TPSA) is 9.23 Å². The van der Waals surface area contributed by atoms with Crippen molar-refractivity contribution in [1.29, 1.82) is 0 Å². The minimum absolute atomic E-state index is 0.148. The zero-order chi connectivity index (χ0) is 15.1. The standard InChI is InChI=1S/C14H17Cl5O/c1-2-3-4-5-6-7-8-20-14-12(18)10(16)9(15)11(17)13(14)19/h2-8H2,1H3. The average Bonchev–Trinajstić information content (AvgIpc) is 2.45. The van der Waals surface area contributed by atoms with Crippen LogP contribution in [0.15, 0.2) is 0 Å². The van der Waals surface area contributed by atoms with Gasteiger partial charge in [0.15, 0.2) is 5.75 Å². The Kier molecular flexibility index (Phi) is 8.78. The van der Waals surface area contributed by atoms with E-state index in [9.17, 15) is 0 Å². The van der Waals surface area contributed by atoms with Crippen molar-refractivity contribution in [2.45, 2.75) is 45.4 Å². The molecule has 0 saturated carbocycles. The van der Waals surface area contributed by atoms with Gasteiger partial charge in [-0.25, -0.2) is 0 Å². The van der Waals surface area contributed by atoms with Crippen LogP contribution in [0.5, 0.6) is 5.75 Å². The van der Waals surface area contributed by atoms with Crippen LogP contribution in [0.2, 0.25) is 25.1 Å². The lowest BCUT2D eigenvalue weighted by molar-refractivity contribution is 0.305. The molecule has 0 heterocycles. The van der Waals surface area contributed by atoms with E-state index in [0.29, 0.717) is 12.4 Å². The van der Waals surface area contributed by atoms with Crippen LogP contribution in [-0.2, 0) is 0 Å². The molecule has 0 saturated heterocycles. The minimum atomic E-state index is 0.148. The fraction of sp³-hybridized carbons (Fsp3) is 0.571. The first-order valence-electron chi connectivity index (χ1n) is 6.64. The minimum Gasteiger partial charge on any atom is -0.490 e. The molecule has 1 aromatic rings. The zero-order valence-corrected chi connectivity index (χ0v) is 15.0. The van der Waals surface area contributed by atoms with Crippen LogP contribution >= 0.6 is 58.0 Å². The first kappa shape index (κ1) is 18.5. The number of ether oxygens (including phenoxy) is 1. The summed E-state index contributed by atoms with van der Waals surface area (Å²) in [5.41, 5.74) is 0. The number of hydrogen-bond donors (Lipinski definition) is 0. The van der Waals surface area contributed by atoms with E-state index in [-0.39, 0.29) is 25.1 Å². The van der Waals surface area contributed by atoms with Gasteiger partial charge in [-0.15, -0.1) is 0 Å². The highest BCUT2D eigenvalue weighted by atomic mass is 35.5. The predicted octanol–water partition coefficient (Wildman–Crippen LogP) is 7.69. The fourth-order valence-corrected chi connectivity index (χ4v) is 3.00. The van der Waals surface area contributed by atoms with Gasteiger partial charge in [0.2, 0.25) is 0 Å². The summed E-state index contributed by atoms with van der Waals surface area (Å²) in [5.74, 6) is 0.307. The molecule has 114 valence electrons. The second-order valence-electron chi connectivity index (χ2n) is 4.52. The van der Waals surface area contributed by atoms with Gasteiger partial charge in [-0.1, -0.05) is 97.0 Å². The van der Waals surface area contributed by atoms with Crippen molar-refractivity contribution in [3.8, 4) is 5.75 Å². The summed E-state index contributed by atoms with van der Waals surface area (Å²) in [6.45, 7) is 2.72. The fourth-order valence-electron chi connectivity index (χ4n) is 1.77. The molecule has 0 spiro atoms. The number of halogens is 5. The maximum Gasteiger partial charge on any atom is 0.159 e. The van der Waals surface area contributed by atoms with E-state index in [2.05, 4.69) is 6.92 Å². The van der Waals surface area contributed by atoms with Crippen molar-refractivity contribution in [1.82, 2.24) is 0 Å². The Balaban J connectivity index is 2.52. The highest BCUT2D eigenvalue weighted by molar-refractivity contribution is 6.55. The van der Waals surface area contributed by atoms with Gasteiger partial charge in [-0.3, -0.25) is 0 Å². The molecule has 0 aliphatic carbocycles. The van der Waals surface area contributed by atoms with Crippen LogP contribution in [0.1, 0.15) is 45.4 Å². The van der Waals surface area contributed by atoms with Crippen molar-refractivity contribution in [2.24, 2.45) is 0 Å². The van der Waals surface area contributed by atoms with Crippen LogP contribution in [0, 0.1) is 0 Å². The molecule has 0 unspecified atom stereocenters. The highest BCUT2D eigenvalue weighted by Crippen LogP contribution is 2.48. The number of rotatable bonds is 8. The van der Waals surface area contributed by atoms with E-state index in [1.54, 1.807) is 0 Å². The Labute approximate surface area is 145 Å². The molecule has 0 radical (unpaired) electrons. The SMILES string of the molecule is CCCCCCCCOc1c(Cl)c(Cl)c(Cl)c(Cl)c1Cl. The molecular weight excluding hydrogens is 361 g/mol. The lowest BCUT2D eigenvalue weighted by Gasteiger charge is -2.13. The Morgan fingerprint density at radius 3 is 1.65 bits per heavy atom. The molecule has 0 bridgehead atoms. The van der Waals surface area contributed by atoms with E-state index >= 15 is 0 Å². The number of benzene rings is 1. The van der Waals surface area contributed by atoms with Gasteiger partial charge in [0, 0.05) is 0 Å². The number of unbranched alkanes of at least 4 members (excludes halogenated alkanes) is 5. The third-order valence-corrected chi connectivity index (χ3v) is 5.16. The van der Waals surface area contributed by atoms with E-state index in [1.807, 2.05) is 0 Å². The van der Waals surface area contributed by atoms with Crippen molar-refractivity contribution in [3.63, 3.8) is 0 Å². The summed E-state index contributed by atoms with van der Waals surface area (Å²) in [4.78, 5) is 0. The van der Waals surface area contributed by atoms with Crippen molar-refractivity contribution >= 4 is 58.0 Å². The van der Waals surface area contributed by atoms with Crippen molar-refractivity contribution in [2.75, 3.05) is 6.61 Å². The third kappa shape index (κ3) is 5.03. The maximum absolute atomic E-state index is 6.07. The monoisotopic (exact) mass is 376 g/mol. The van der Waals surface area contributed by atoms with Gasteiger partial charge >= 0.3 is 0 Å². The second kappa shape index (κ2) is 9.48. The molecule has 0 aliphatic rings. The summed E-state index contributed by atoms with van der Waals surface area (Å²) in [7, 11) is 0. The lowest BCUT2D eigenvalue weighted by Crippen LogP contribution is -1.99. The van der Waals surface area contributed by atoms with Gasteiger partial charge in [-0.05, 0) is 6.42 Å². The van der Waals surface area contributed by atoms with E-state index < -0.39 is 0 Å². The molecule has 20 heavy (non-hydrogen) atoms. The molecule has 0 aromatic heterocycles. The molecule has 0 amide bonds. The Morgan fingerprint density at radius 2 is 1.10 bits per heavy atom. The van der Waals surface area contributed by atoms with Crippen LogP contribution in [-0.4, -0.2) is 6.61 Å². The summed E-state index contributed by atoms with van der Waals surface area (Å²) in [5, 5.41) is 0.894. The smallest absolute Gasteiger partial charge is 0.159 e. The van der Waals surface area contributed by atoms with Crippen LogP contribution < -0.4 is 4.74 Å². The summed E-state index contributed by atoms with van der Waals surface area (Å²) < 4.78 is 5.60. The molecule has 6 heteroatoms. The Hall–Kier alpha value is 0.470. The molecule has 0 fully saturated rings. The lowest BCUT2D eigenvalue weighted by atomic mass is 10.1. The molecule has 1 rings (SSSR count).